The average Bonchev–Trinajstić information content (AvgIpc) is 2.49. The van der Waals surface area contributed by atoms with E-state index in [0.717, 1.165) is 10.8 Å². The van der Waals surface area contributed by atoms with Crippen molar-refractivity contribution in [3.05, 3.63) is 48.0 Å². The van der Waals surface area contributed by atoms with E-state index in [1.165, 1.54) is 11.8 Å². The van der Waals surface area contributed by atoms with Crippen LogP contribution in [0.15, 0.2) is 42.5 Å². The highest BCUT2D eigenvalue weighted by molar-refractivity contribution is 7.99. The molecule has 0 unspecified atom stereocenters. The van der Waals surface area contributed by atoms with Crippen LogP contribution in [0.1, 0.15) is 16.8 Å². The molecule has 2 aromatic carbocycles. The summed E-state index contributed by atoms with van der Waals surface area (Å²) in [5.41, 5.74) is 0.643. The topological polar surface area (TPSA) is 66.4 Å². The van der Waals surface area contributed by atoms with Gasteiger partial charge in [0.05, 0.1) is 6.42 Å². The zero-order valence-corrected chi connectivity index (χ0v) is 12.4. The van der Waals surface area contributed by atoms with E-state index in [-0.39, 0.29) is 12.3 Å². The van der Waals surface area contributed by atoms with Gasteiger partial charge in [0, 0.05) is 23.6 Å². The maximum absolute atomic E-state index is 12.0. The molecule has 0 aliphatic heterocycles. The smallest absolute Gasteiger partial charge is 0.304 e. The number of hydrogen-bond acceptors (Lipinski definition) is 3. The molecule has 1 amide bonds. The number of benzene rings is 2. The van der Waals surface area contributed by atoms with Gasteiger partial charge in [-0.05, 0) is 22.9 Å². The third kappa shape index (κ3) is 4.79. The summed E-state index contributed by atoms with van der Waals surface area (Å²) in [6, 6.07) is 13.5. The molecule has 0 fully saturated rings. The quantitative estimate of drug-likeness (QED) is 0.772. The van der Waals surface area contributed by atoms with Gasteiger partial charge in [0.2, 0.25) is 0 Å². The molecule has 0 aliphatic rings. The Balaban J connectivity index is 1.80. The third-order valence-corrected chi connectivity index (χ3v) is 3.99. The van der Waals surface area contributed by atoms with Crippen molar-refractivity contribution in [1.82, 2.24) is 5.32 Å². The van der Waals surface area contributed by atoms with E-state index in [1.807, 2.05) is 42.5 Å². The van der Waals surface area contributed by atoms with E-state index < -0.39 is 5.97 Å². The molecule has 5 heteroatoms. The molecular formula is C16H17NO3S. The molecule has 0 aromatic heterocycles. The minimum absolute atomic E-state index is 0.0976. The van der Waals surface area contributed by atoms with Gasteiger partial charge in [-0.3, -0.25) is 9.59 Å². The van der Waals surface area contributed by atoms with Crippen LogP contribution in [0.3, 0.4) is 0 Å². The van der Waals surface area contributed by atoms with Crippen molar-refractivity contribution in [2.45, 2.75) is 6.42 Å². The Bertz CT molecular complexity index is 642. The van der Waals surface area contributed by atoms with Crippen molar-refractivity contribution >= 4 is 34.4 Å². The fourth-order valence-corrected chi connectivity index (χ4v) is 2.70. The van der Waals surface area contributed by atoms with E-state index in [2.05, 4.69) is 5.32 Å². The summed E-state index contributed by atoms with van der Waals surface area (Å²) in [6.45, 7) is 0.538. The Kier molecular flexibility index (Phi) is 5.63. The summed E-state index contributed by atoms with van der Waals surface area (Å²) in [6.07, 6.45) is 0.156. The van der Waals surface area contributed by atoms with Crippen LogP contribution >= 0.6 is 11.8 Å². The fourth-order valence-electron chi connectivity index (χ4n) is 1.93. The minimum atomic E-state index is -0.789. The maximum Gasteiger partial charge on any atom is 0.304 e. The van der Waals surface area contributed by atoms with Crippen LogP contribution in [-0.2, 0) is 4.79 Å². The molecule has 0 saturated heterocycles. The highest BCUT2D eigenvalue weighted by Gasteiger charge is 2.05. The lowest BCUT2D eigenvalue weighted by molar-refractivity contribution is -0.136. The molecule has 2 aromatic rings. The predicted molar refractivity (Wildman–Crippen MR) is 85.9 cm³/mol. The first-order valence-corrected chi connectivity index (χ1v) is 7.89. The molecule has 2 N–H and O–H groups in total. The van der Waals surface area contributed by atoms with Crippen molar-refractivity contribution in [2.75, 3.05) is 18.1 Å². The lowest BCUT2D eigenvalue weighted by atomic mass is 10.1. The molecule has 0 radical (unpaired) electrons. The third-order valence-electron chi connectivity index (χ3n) is 3.00. The maximum atomic E-state index is 12.0. The van der Waals surface area contributed by atoms with Crippen LogP contribution in [0, 0.1) is 0 Å². The second-order valence-electron chi connectivity index (χ2n) is 4.57. The van der Waals surface area contributed by atoms with Gasteiger partial charge in [-0.1, -0.05) is 30.3 Å². The van der Waals surface area contributed by atoms with Crippen LogP contribution in [0.4, 0.5) is 0 Å². The first-order valence-electron chi connectivity index (χ1n) is 6.73. The summed E-state index contributed by atoms with van der Waals surface area (Å²) in [5.74, 6) is 0.399. The Morgan fingerprint density at radius 3 is 2.57 bits per heavy atom. The zero-order chi connectivity index (χ0) is 15.1. The number of amides is 1. The monoisotopic (exact) mass is 303 g/mol. The van der Waals surface area contributed by atoms with E-state index in [0.29, 0.717) is 23.6 Å². The van der Waals surface area contributed by atoms with Crippen molar-refractivity contribution in [2.24, 2.45) is 0 Å². The van der Waals surface area contributed by atoms with Crippen LogP contribution in [0.25, 0.3) is 10.8 Å². The summed E-state index contributed by atoms with van der Waals surface area (Å²) in [7, 11) is 0. The van der Waals surface area contributed by atoms with Crippen molar-refractivity contribution < 1.29 is 14.7 Å². The second-order valence-corrected chi connectivity index (χ2v) is 5.80. The standard InChI is InChI=1S/C16H17NO3S/c18-15(19)7-9-21-10-8-17-16(20)14-6-5-12-3-1-2-4-13(12)11-14/h1-6,11H,7-10H2,(H,17,20)(H,18,19). The van der Waals surface area contributed by atoms with Gasteiger partial charge in [0.1, 0.15) is 0 Å². The van der Waals surface area contributed by atoms with E-state index in [1.54, 1.807) is 0 Å². The zero-order valence-electron chi connectivity index (χ0n) is 11.5. The summed E-state index contributed by atoms with van der Waals surface area (Å²) < 4.78 is 0. The van der Waals surface area contributed by atoms with Gasteiger partial charge < -0.3 is 10.4 Å². The molecule has 0 atom stereocenters. The molecule has 0 spiro atoms. The molecule has 0 saturated carbocycles. The molecule has 0 bridgehead atoms. The molecule has 21 heavy (non-hydrogen) atoms. The lowest BCUT2D eigenvalue weighted by Gasteiger charge is -2.06. The van der Waals surface area contributed by atoms with Gasteiger partial charge in [-0.15, -0.1) is 0 Å². The van der Waals surface area contributed by atoms with Gasteiger partial charge in [0.15, 0.2) is 0 Å². The Labute approximate surface area is 127 Å². The van der Waals surface area contributed by atoms with Crippen LogP contribution in [-0.4, -0.2) is 35.0 Å². The molecular weight excluding hydrogens is 286 g/mol. The highest BCUT2D eigenvalue weighted by Crippen LogP contribution is 2.15. The van der Waals surface area contributed by atoms with Gasteiger partial charge >= 0.3 is 5.97 Å². The highest BCUT2D eigenvalue weighted by atomic mass is 32.2. The summed E-state index contributed by atoms with van der Waals surface area (Å²) in [4.78, 5) is 22.4. The molecule has 110 valence electrons. The summed E-state index contributed by atoms with van der Waals surface area (Å²) in [5, 5.41) is 13.5. The number of carbonyl (C=O) groups is 2. The number of thioether (sulfide) groups is 1. The van der Waals surface area contributed by atoms with Gasteiger partial charge in [-0.25, -0.2) is 0 Å². The predicted octanol–water partition coefficient (Wildman–Crippen LogP) is 2.78. The first-order chi connectivity index (χ1) is 10.2. The molecule has 2 rings (SSSR count). The van der Waals surface area contributed by atoms with Gasteiger partial charge in [-0.2, -0.15) is 11.8 Å². The number of carboxylic acid groups (broad SMARTS) is 1. The Morgan fingerprint density at radius 2 is 1.81 bits per heavy atom. The van der Waals surface area contributed by atoms with E-state index in [9.17, 15) is 9.59 Å². The van der Waals surface area contributed by atoms with Gasteiger partial charge in [0.25, 0.3) is 5.91 Å². The van der Waals surface area contributed by atoms with E-state index in [4.69, 9.17) is 5.11 Å². The molecule has 0 heterocycles. The van der Waals surface area contributed by atoms with Crippen molar-refractivity contribution in [3.8, 4) is 0 Å². The van der Waals surface area contributed by atoms with Crippen LogP contribution in [0.5, 0.6) is 0 Å². The number of carbonyl (C=O) groups excluding carboxylic acids is 1. The minimum Gasteiger partial charge on any atom is -0.481 e. The molecule has 4 nitrogen and oxygen atoms in total. The Hall–Kier alpha value is -2.01. The normalized spacial score (nSPS) is 10.5. The largest absolute Gasteiger partial charge is 0.481 e. The number of carboxylic acids is 1. The Morgan fingerprint density at radius 1 is 1.05 bits per heavy atom. The number of hydrogen-bond donors (Lipinski definition) is 2. The number of rotatable bonds is 7. The number of nitrogens with one attached hydrogen (secondary N) is 1. The van der Waals surface area contributed by atoms with Crippen LogP contribution < -0.4 is 5.32 Å². The van der Waals surface area contributed by atoms with Crippen molar-refractivity contribution in [1.29, 1.82) is 0 Å². The SMILES string of the molecule is O=C(O)CCSCCNC(=O)c1ccc2ccccc2c1. The average molecular weight is 303 g/mol. The van der Waals surface area contributed by atoms with E-state index >= 15 is 0 Å². The van der Waals surface area contributed by atoms with Crippen LogP contribution in [0.2, 0.25) is 0 Å². The lowest BCUT2D eigenvalue weighted by Crippen LogP contribution is -2.25. The number of fused-ring (bicyclic) bond motifs is 1. The molecule has 0 aliphatic carbocycles. The first kappa shape index (κ1) is 15.4. The summed E-state index contributed by atoms with van der Waals surface area (Å²) >= 11 is 1.53. The second kappa shape index (κ2) is 7.69. The number of aliphatic carboxylic acids is 1. The van der Waals surface area contributed by atoms with Crippen molar-refractivity contribution in [3.63, 3.8) is 0 Å². The fraction of sp³-hybridized carbons (Fsp3) is 0.250.